The number of hydrogen-bond acceptors (Lipinski definition) is 6. The molecule has 2 amide bonds. The minimum absolute atomic E-state index is 0.0398. The minimum atomic E-state index is -3.79. The van der Waals surface area contributed by atoms with Crippen LogP contribution in [0.15, 0.2) is 47.4 Å². The molecule has 2 aliphatic rings. The molecule has 0 aliphatic carbocycles. The number of para-hydroxylation sites is 1. The van der Waals surface area contributed by atoms with Crippen molar-refractivity contribution in [1.82, 2.24) is 14.9 Å². The normalized spacial score (nSPS) is 17.6. The first-order chi connectivity index (χ1) is 15.7. The van der Waals surface area contributed by atoms with Gasteiger partial charge in [-0.25, -0.2) is 8.42 Å². The average Bonchev–Trinajstić information content (AvgIpc) is 3.11. The van der Waals surface area contributed by atoms with Crippen LogP contribution in [0.4, 0.5) is 0 Å². The van der Waals surface area contributed by atoms with Crippen LogP contribution >= 0.6 is 0 Å². The SMILES string of the molecule is CC1(C)Cc2cccc(OCCNC(=O)c3ccc(S(=O)(=O)N4CCNC(=O)C4)cc3)c2O1. The average molecular weight is 474 g/mol. The van der Waals surface area contributed by atoms with Crippen LogP contribution in [-0.4, -0.2) is 62.9 Å². The second-order valence-electron chi connectivity index (χ2n) is 8.60. The molecule has 10 heteroatoms. The predicted octanol–water partition coefficient (Wildman–Crippen LogP) is 1.33. The number of fused-ring (bicyclic) bond motifs is 1. The number of nitrogens with zero attached hydrogens (tertiary/aromatic N) is 1. The molecule has 0 atom stereocenters. The maximum absolute atomic E-state index is 12.7. The van der Waals surface area contributed by atoms with Gasteiger partial charge < -0.3 is 20.1 Å². The number of sulfonamides is 1. The van der Waals surface area contributed by atoms with Crippen molar-refractivity contribution in [3.8, 4) is 11.5 Å². The molecule has 1 saturated heterocycles. The fourth-order valence-electron chi connectivity index (χ4n) is 3.88. The van der Waals surface area contributed by atoms with Gasteiger partial charge in [-0.05, 0) is 44.2 Å². The summed E-state index contributed by atoms with van der Waals surface area (Å²) in [4.78, 5) is 24.0. The van der Waals surface area contributed by atoms with Gasteiger partial charge in [-0.1, -0.05) is 12.1 Å². The summed E-state index contributed by atoms with van der Waals surface area (Å²) in [5.74, 6) is 0.722. The van der Waals surface area contributed by atoms with Crippen LogP contribution < -0.4 is 20.1 Å². The summed E-state index contributed by atoms with van der Waals surface area (Å²) in [5.41, 5.74) is 1.16. The lowest BCUT2D eigenvalue weighted by Crippen LogP contribution is -2.49. The summed E-state index contributed by atoms with van der Waals surface area (Å²) in [6.07, 6.45) is 0.812. The van der Waals surface area contributed by atoms with Gasteiger partial charge in [-0.15, -0.1) is 0 Å². The number of amides is 2. The molecule has 0 saturated carbocycles. The number of carbonyl (C=O) groups is 2. The van der Waals surface area contributed by atoms with E-state index in [0.717, 1.165) is 22.0 Å². The van der Waals surface area contributed by atoms with Crippen LogP contribution in [0.25, 0.3) is 0 Å². The molecular formula is C23H27N3O6S. The molecular weight excluding hydrogens is 446 g/mol. The molecule has 9 nitrogen and oxygen atoms in total. The summed E-state index contributed by atoms with van der Waals surface area (Å²) in [6.45, 7) is 4.86. The van der Waals surface area contributed by atoms with Gasteiger partial charge in [0.1, 0.15) is 12.2 Å². The van der Waals surface area contributed by atoms with Gasteiger partial charge in [0, 0.05) is 30.6 Å². The van der Waals surface area contributed by atoms with Crippen molar-refractivity contribution in [2.45, 2.75) is 30.8 Å². The summed E-state index contributed by atoms with van der Waals surface area (Å²) in [6, 6.07) is 11.4. The Bertz CT molecular complexity index is 1160. The molecule has 2 aromatic rings. The van der Waals surface area contributed by atoms with Crippen LogP contribution in [0.5, 0.6) is 11.5 Å². The Hall–Kier alpha value is -3.11. The zero-order valence-corrected chi connectivity index (χ0v) is 19.4. The van der Waals surface area contributed by atoms with Crippen molar-refractivity contribution in [3.63, 3.8) is 0 Å². The van der Waals surface area contributed by atoms with Crippen molar-refractivity contribution in [2.75, 3.05) is 32.8 Å². The number of rotatable bonds is 7. The highest BCUT2D eigenvalue weighted by molar-refractivity contribution is 7.89. The Kier molecular flexibility index (Phi) is 6.31. The van der Waals surface area contributed by atoms with Crippen molar-refractivity contribution in [1.29, 1.82) is 0 Å². The van der Waals surface area contributed by atoms with Crippen LogP contribution in [0.1, 0.15) is 29.8 Å². The Balaban J connectivity index is 1.30. The lowest BCUT2D eigenvalue weighted by atomic mass is 10.0. The van der Waals surface area contributed by atoms with Gasteiger partial charge in [0.25, 0.3) is 5.91 Å². The van der Waals surface area contributed by atoms with Crippen LogP contribution in [-0.2, 0) is 21.2 Å². The second-order valence-corrected chi connectivity index (χ2v) is 10.5. The third-order valence-electron chi connectivity index (χ3n) is 5.46. The van der Waals surface area contributed by atoms with Crippen LogP contribution in [0.3, 0.4) is 0 Å². The zero-order chi connectivity index (χ0) is 23.6. The Morgan fingerprint density at radius 3 is 2.70 bits per heavy atom. The van der Waals surface area contributed by atoms with Gasteiger partial charge >= 0.3 is 0 Å². The standard InChI is InChI=1S/C23H27N3O6S/c1-23(2)14-17-4-3-5-19(21(17)32-23)31-13-11-25-22(28)16-6-8-18(9-7-16)33(29,30)26-12-10-24-20(27)15-26/h3-9H,10-15H2,1-2H3,(H,24,27)(H,25,28). The van der Waals surface area contributed by atoms with Crippen molar-refractivity contribution in [2.24, 2.45) is 0 Å². The third kappa shape index (κ3) is 5.12. The van der Waals surface area contributed by atoms with E-state index in [0.29, 0.717) is 11.3 Å². The number of carbonyl (C=O) groups excluding carboxylic acids is 2. The van der Waals surface area contributed by atoms with Gasteiger partial charge in [-0.2, -0.15) is 4.31 Å². The highest BCUT2D eigenvalue weighted by Gasteiger charge is 2.32. The summed E-state index contributed by atoms with van der Waals surface area (Å²) < 4.78 is 38.3. The molecule has 2 heterocycles. The van der Waals surface area contributed by atoms with Crippen molar-refractivity contribution >= 4 is 21.8 Å². The summed E-state index contributed by atoms with van der Waals surface area (Å²) in [5, 5.41) is 5.36. The molecule has 0 aromatic heterocycles. The third-order valence-corrected chi connectivity index (χ3v) is 7.32. The molecule has 2 N–H and O–H groups in total. The van der Waals surface area contributed by atoms with E-state index in [1.165, 1.54) is 24.3 Å². The van der Waals surface area contributed by atoms with Gasteiger partial charge in [0.05, 0.1) is 18.0 Å². The molecule has 0 unspecified atom stereocenters. The summed E-state index contributed by atoms with van der Waals surface area (Å²) in [7, 11) is -3.79. The molecule has 0 bridgehead atoms. The first-order valence-electron chi connectivity index (χ1n) is 10.7. The topological polar surface area (TPSA) is 114 Å². The van der Waals surface area contributed by atoms with Gasteiger partial charge in [0.15, 0.2) is 11.5 Å². The largest absolute Gasteiger partial charge is 0.488 e. The van der Waals surface area contributed by atoms with Crippen molar-refractivity contribution in [3.05, 3.63) is 53.6 Å². The number of benzene rings is 2. The molecule has 1 fully saturated rings. The Labute approximate surface area is 193 Å². The first-order valence-corrected chi connectivity index (χ1v) is 12.2. The molecule has 2 aromatic carbocycles. The molecule has 4 rings (SSSR count). The molecule has 0 radical (unpaired) electrons. The fourth-order valence-corrected chi connectivity index (χ4v) is 5.27. The van der Waals surface area contributed by atoms with Crippen LogP contribution in [0, 0.1) is 0 Å². The van der Waals surface area contributed by atoms with Crippen molar-refractivity contribution < 1.29 is 27.5 Å². The minimum Gasteiger partial charge on any atom is -0.488 e. The maximum atomic E-state index is 12.7. The van der Waals surface area contributed by atoms with Gasteiger partial charge in [-0.3, -0.25) is 9.59 Å². The lowest BCUT2D eigenvalue weighted by Gasteiger charge is -2.25. The van der Waals surface area contributed by atoms with Crippen LogP contribution in [0.2, 0.25) is 0 Å². The van der Waals surface area contributed by atoms with E-state index in [-0.39, 0.29) is 55.1 Å². The smallest absolute Gasteiger partial charge is 0.251 e. The molecule has 2 aliphatic heterocycles. The van der Waals surface area contributed by atoms with E-state index in [2.05, 4.69) is 10.6 Å². The lowest BCUT2D eigenvalue weighted by molar-refractivity contribution is -0.122. The van der Waals surface area contributed by atoms with E-state index in [4.69, 9.17) is 9.47 Å². The van der Waals surface area contributed by atoms with Gasteiger partial charge in [0.2, 0.25) is 15.9 Å². The second kappa shape index (κ2) is 9.03. The van der Waals surface area contributed by atoms with E-state index in [1.54, 1.807) is 0 Å². The number of nitrogens with one attached hydrogen (secondary N) is 2. The molecule has 0 spiro atoms. The van der Waals surface area contributed by atoms with E-state index < -0.39 is 10.0 Å². The number of ether oxygens (including phenoxy) is 2. The quantitative estimate of drug-likeness (QED) is 0.587. The Morgan fingerprint density at radius 2 is 1.97 bits per heavy atom. The fraction of sp³-hybridized carbons (Fsp3) is 0.391. The number of piperazine rings is 1. The van der Waals surface area contributed by atoms with E-state index >= 15 is 0 Å². The molecule has 33 heavy (non-hydrogen) atoms. The Morgan fingerprint density at radius 1 is 1.21 bits per heavy atom. The highest BCUT2D eigenvalue weighted by Crippen LogP contribution is 2.41. The highest BCUT2D eigenvalue weighted by atomic mass is 32.2. The van der Waals surface area contributed by atoms with E-state index in [1.807, 2.05) is 32.0 Å². The zero-order valence-electron chi connectivity index (χ0n) is 18.6. The predicted molar refractivity (Wildman–Crippen MR) is 121 cm³/mol. The first kappa shape index (κ1) is 23.1. The van der Waals surface area contributed by atoms with E-state index in [9.17, 15) is 18.0 Å². The number of hydrogen-bond donors (Lipinski definition) is 2. The molecule has 176 valence electrons. The monoisotopic (exact) mass is 473 g/mol. The summed E-state index contributed by atoms with van der Waals surface area (Å²) >= 11 is 0. The maximum Gasteiger partial charge on any atom is 0.251 e.